The summed E-state index contributed by atoms with van der Waals surface area (Å²) in [4.78, 5) is 23.4. The van der Waals surface area contributed by atoms with Gasteiger partial charge in [-0.25, -0.2) is 4.79 Å². The van der Waals surface area contributed by atoms with Crippen LogP contribution in [0, 0.1) is 11.8 Å². The Morgan fingerprint density at radius 2 is 1.58 bits per heavy atom. The summed E-state index contributed by atoms with van der Waals surface area (Å²) in [5.41, 5.74) is 5.77. The van der Waals surface area contributed by atoms with Crippen LogP contribution in [0.1, 0.15) is 40.5 Å². The van der Waals surface area contributed by atoms with Crippen molar-refractivity contribution in [3.8, 4) is 0 Å². The molecule has 19 heavy (non-hydrogen) atoms. The molecule has 0 radical (unpaired) electrons. The third-order valence-corrected chi connectivity index (χ3v) is 2.57. The number of carbonyl (C=O) groups excluding carboxylic acids is 2. The van der Waals surface area contributed by atoms with Crippen molar-refractivity contribution >= 4 is 24.3 Å². The van der Waals surface area contributed by atoms with Crippen LogP contribution in [-0.4, -0.2) is 31.1 Å². The first-order chi connectivity index (χ1) is 8.27. The predicted molar refractivity (Wildman–Crippen MR) is 78.1 cm³/mol. The lowest BCUT2D eigenvalue weighted by Gasteiger charge is -2.21. The summed E-state index contributed by atoms with van der Waals surface area (Å²) in [5.74, 6) is -0.0864. The van der Waals surface area contributed by atoms with Crippen molar-refractivity contribution in [3.63, 3.8) is 0 Å². The van der Waals surface area contributed by atoms with E-state index in [1.54, 1.807) is 0 Å². The molecule has 0 spiro atoms. The minimum Gasteiger partial charge on any atom is -0.467 e. The molecule has 0 saturated heterocycles. The van der Waals surface area contributed by atoms with Gasteiger partial charge in [-0.05, 0) is 24.7 Å². The van der Waals surface area contributed by atoms with Crippen molar-refractivity contribution in [1.29, 1.82) is 0 Å². The molecule has 0 unspecified atom stereocenters. The fourth-order valence-corrected chi connectivity index (χ4v) is 1.72. The van der Waals surface area contributed by atoms with E-state index in [0.717, 1.165) is 0 Å². The molecule has 2 atom stereocenters. The van der Waals surface area contributed by atoms with Crippen LogP contribution >= 0.6 is 12.4 Å². The second-order valence-corrected chi connectivity index (χ2v) is 5.45. The minimum absolute atomic E-state index is 0. The zero-order valence-electron chi connectivity index (χ0n) is 12.4. The van der Waals surface area contributed by atoms with E-state index in [2.05, 4.69) is 10.1 Å². The first-order valence-electron chi connectivity index (χ1n) is 6.41. The van der Waals surface area contributed by atoms with Crippen molar-refractivity contribution in [2.75, 3.05) is 7.11 Å². The summed E-state index contributed by atoms with van der Waals surface area (Å²) in [7, 11) is 1.32. The van der Waals surface area contributed by atoms with Crippen LogP contribution in [0.15, 0.2) is 0 Å². The van der Waals surface area contributed by atoms with Crippen molar-refractivity contribution in [1.82, 2.24) is 5.32 Å². The van der Waals surface area contributed by atoms with E-state index >= 15 is 0 Å². The fraction of sp³-hybridized carbons (Fsp3) is 0.846. The third kappa shape index (κ3) is 8.83. The average Bonchev–Trinajstić information content (AvgIpc) is 2.25. The Balaban J connectivity index is 0. The molecule has 0 aromatic rings. The number of hydrogen-bond acceptors (Lipinski definition) is 4. The zero-order valence-corrected chi connectivity index (χ0v) is 13.3. The lowest BCUT2D eigenvalue weighted by atomic mass is 10.0. The van der Waals surface area contributed by atoms with Gasteiger partial charge in [-0.1, -0.05) is 27.7 Å². The summed E-state index contributed by atoms with van der Waals surface area (Å²) in [6, 6.07) is -1.19. The maximum atomic E-state index is 11.8. The van der Waals surface area contributed by atoms with Gasteiger partial charge in [0.05, 0.1) is 13.2 Å². The second-order valence-electron chi connectivity index (χ2n) is 5.45. The van der Waals surface area contributed by atoms with Crippen LogP contribution in [0.25, 0.3) is 0 Å². The molecule has 0 aromatic heterocycles. The number of carbonyl (C=O) groups is 2. The van der Waals surface area contributed by atoms with Gasteiger partial charge < -0.3 is 15.8 Å². The summed E-state index contributed by atoms with van der Waals surface area (Å²) in [6.45, 7) is 7.96. The Hall–Kier alpha value is -0.810. The SMILES string of the molecule is COC(=O)[C@H](CC(C)C)NC(=O)[C@H](N)CC(C)C.Cl. The Bertz CT molecular complexity index is 283. The van der Waals surface area contributed by atoms with Gasteiger partial charge in [-0.2, -0.15) is 0 Å². The summed E-state index contributed by atoms with van der Waals surface area (Å²) in [6.07, 6.45) is 1.15. The molecule has 114 valence electrons. The van der Waals surface area contributed by atoms with Gasteiger partial charge in [0.1, 0.15) is 6.04 Å². The Labute approximate surface area is 122 Å². The van der Waals surface area contributed by atoms with Crippen molar-refractivity contribution < 1.29 is 14.3 Å². The van der Waals surface area contributed by atoms with Gasteiger partial charge in [-0.3, -0.25) is 4.79 Å². The van der Waals surface area contributed by atoms with Crippen LogP contribution in [0.2, 0.25) is 0 Å². The third-order valence-electron chi connectivity index (χ3n) is 2.57. The summed E-state index contributed by atoms with van der Waals surface area (Å²) < 4.78 is 4.68. The number of methoxy groups -OCH3 is 1. The highest BCUT2D eigenvalue weighted by molar-refractivity contribution is 5.87. The van der Waals surface area contributed by atoms with E-state index in [0.29, 0.717) is 18.8 Å². The number of esters is 1. The molecule has 0 bridgehead atoms. The lowest BCUT2D eigenvalue weighted by molar-refractivity contribution is -0.145. The number of ether oxygens (including phenoxy) is 1. The smallest absolute Gasteiger partial charge is 0.328 e. The highest BCUT2D eigenvalue weighted by Gasteiger charge is 2.25. The van der Waals surface area contributed by atoms with Crippen LogP contribution in [0.4, 0.5) is 0 Å². The predicted octanol–water partition coefficient (Wildman–Crippen LogP) is 1.49. The number of hydrogen-bond donors (Lipinski definition) is 2. The van der Waals surface area contributed by atoms with Gasteiger partial charge in [-0.15, -0.1) is 12.4 Å². The van der Waals surface area contributed by atoms with Crippen LogP contribution in [-0.2, 0) is 14.3 Å². The fourth-order valence-electron chi connectivity index (χ4n) is 1.72. The molecule has 3 N–H and O–H groups in total. The van der Waals surface area contributed by atoms with Crippen molar-refractivity contribution in [2.45, 2.75) is 52.6 Å². The highest BCUT2D eigenvalue weighted by Crippen LogP contribution is 2.08. The van der Waals surface area contributed by atoms with Gasteiger partial charge >= 0.3 is 5.97 Å². The van der Waals surface area contributed by atoms with E-state index in [1.165, 1.54) is 7.11 Å². The molecule has 5 nitrogen and oxygen atoms in total. The average molecular weight is 295 g/mol. The molecule has 0 aliphatic carbocycles. The largest absolute Gasteiger partial charge is 0.467 e. The normalized spacial score (nSPS) is 13.7. The van der Waals surface area contributed by atoms with Crippen molar-refractivity contribution in [2.24, 2.45) is 17.6 Å². The van der Waals surface area contributed by atoms with Crippen LogP contribution < -0.4 is 11.1 Å². The number of nitrogens with two attached hydrogens (primary N) is 1. The molecule has 0 rings (SSSR count). The van der Waals surface area contributed by atoms with Gasteiger partial charge in [0.25, 0.3) is 0 Å². The summed E-state index contributed by atoms with van der Waals surface area (Å²) in [5, 5.41) is 2.67. The number of nitrogens with one attached hydrogen (secondary N) is 1. The molecular formula is C13H27ClN2O3. The highest BCUT2D eigenvalue weighted by atomic mass is 35.5. The molecule has 0 saturated carbocycles. The monoisotopic (exact) mass is 294 g/mol. The summed E-state index contributed by atoms with van der Waals surface area (Å²) >= 11 is 0. The van der Waals surface area contributed by atoms with Gasteiger partial charge in [0, 0.05) is 0 Å². The molecule has 0 aromatic carbocycles. The van der Waals surface area contributed by atoms with Crippen LogP contribution in [0.5, 0.6) is 0 Å². The molecule has 6 heteroatoms. The van der Waals surface area contributed by atoms with Gasteiger partial charge in [0.2, 0.25) is 5.91 Å². The topological polar surface area (TPSA) is 81.4 Å². The first-order valence-corrected chi connectivity index (χ1v) is 6.41. The Morgan fingerprint density at radius 3 is 1.95 bits per heavy atom. The standard InChI is InChI=1S/C13H26N2O3.ClH/c1-8(2)6-10(14)12(16)15-11(7-9(3)4)13(17)18-5;/h8-11H,6-7,14H2,1-5H3,(H,15,16);1H/t10-,11+;/m1./s1. The van der Waals surface area contributed by atoms with E-state index in [4.69, 9.17) is 5.73 Å². The minimum atomic E-state index is -0.610. The van der Waals surface area contributed by atoms with E-state index in [9.17, 15) is 9.59 Å². The Kier molecular flexibility index (Phi) is 10.8. The molecule has 0 heterocycles. The lowest BCUT2D eigenvalue weighted by Crippen LogP contribution is -2.49. The second kappa shape index (κ2) is 10.0. The number of rotatable bonds is 7. The van der Waals surface area contributed by atoms with E-state index in [-0.39, 0.29) is 24.2 Å². The maximum Gasteiger partial charge on any atom is 0.328 e. The maximum absolute atomic E-state index is 11.8. The molecular weight excluding hydrogens is 268 g/mol. The molecule has 1 amide bonds. The molecule has 0 aliphatic heterocycles. The molecule has 0 fully saturated rings. The number of amides is 1. The van der Waals surface area contributed by atoms with E-state index < -0.39 is 18.1 Å². The van der Waals surface area contributed by atoms with Crippen molar-refractivity contribution in [3.05, 3.63) is 0 Å². The molecule has 0 aliphatic rings. The van der Waals surface area contributed by atoms with Gasteiger partial charge in [0.15, 0.2) is 0 Å². The first kappa shape index (κ1) is 20.5. The zero-order chi connectivity index (χ0) is 14.3. The van der Waals surface area contributed by atoms with E-state index in [1.807, 2.05) is 27.7 Å². The number of halogens is 1. The Morgan fingerprint density at radius 1 is 1.11 bits per heavy atom. The quantitative estimate of drug-likeness (QED) is 0.697. The van der Waals surface area contributed by atoms with Crippen LogP contribution in [0.3, 0.4) is 0 Å².